The summed E-state index contributed by atoms with van der Waals surface area (Å²) in [6.45, 7) is 4.76. The van der Waals surface area contributed by atoms with Crippen molar-refractivity contribution in [2.24, 2.45) is 0 Å². The van der Waals surface area contributed by atoms with Crippen LogP contribution in [0.25, 0.3) is 82.1 Å². The summed E-state index contributed by atoms with van der Waals surface area (Å²) in [4.78, 5) is 0. The number of hydrogen-bond acceptors (Lipinski definition) is 1. The second-order valence-corrected chi connectivity index (χ2v) is 19.6. The van der Waals surface area contributed by atoms with Crippen LogP contribution in [0.4, 0.5) is 0 Å². The zero-order valence-electron chi connectivity index (χ0n) is 33.4. The summed E-state index contributed by atoms with van der Waals surface area (Å²) in [5.74, 6) is 0. The van der Waals surface area contributed by atoms with E-state index in [1.807, 2.05) is 60.7 Å². The maximum atomic E-state index is 15.6. The van der Waals surface area contributed by atoms with Gasteiger partial charge < -0.3 is 9.13 Å². The van der Waals surface area contributed by atoms with Gasteiger partial charge in [-0.2, -0.15) is 0 Å². The van der Waals surface area contributed by atoms with Gasteiger partial charge in [-0.3, -0.25) is 0 Å². The molecule has 0 saturated heterocycles. The summed E-state index contributed by atoms with van der Waals surface area (Å²) >= 11 is 0. The van der Waals surface area contributed by atoms with E-state index in [-0.39, 0.29) is 5.41 Å². The number of para-hydroxylation sites is 1. The van der Waals surface area contributed by atoms with Gasteiger partial charge in [-0.25, -0.2) is 0 Å². The van der Waals surface area contributed by atoms with Crippen LogP contribution in [0.1, 0.15) is 25.0 Å². The second kappa shape index (κ2) is 13.0. The topological polar surface area (TPSA) is 22.0 Å². The number of benzene rings is 10. The zero-order chi connectivity index (χ0) is 40.2. The molecule has 0 saturated carbocycles. The highest BCUT2D eigenvalue weighted by molar-refractivity contribution is 7.85. The minimum atomic E-state index is -3.20. The molecular weight excluding hydrogens is 746 g/mol. The predicted octanol–water partition coefficient (Wildman–Crippen LogP) is 13.9. The van der Waals surface area contributed by atoms with Crippen LogP contribution in [0.15, 0.2) is 206 Å². The van der Waals surface area contributed by atoms with Crippen LogP contribution in [0, 0.1) is 0 Å². The number of aromatic nitrogens is 1. The molecule has 10 aromatic carbocycles. The zero-order valence-corrected chi connectivity index (χ0v) is 34.3. The predicted molar refractivity (Wildman–Crippen MR) is 256 cm³/mol. The largest absolute Gasteiger partial charge is 0.309 e. The van der Waals surface area contributed by atoms with Gasteiger partial charge in [0.05, 0.1) is 11.0 Å². The third kappa shape index (κ3) is 4.98. The van der Waals surface area contributed by atoms with E-state index < -0.39 is 7.14 Å². The molecule has 0 N–H and O–H groups in total. The van der Waals surface area contributed by atoms with E-state index >= 15 is 4.57 Å². The summed E-state index contributed by atoms with van der Waals surface area (Å²) in [5, 5.41) is 12.5. The van der Waals surface area contributed by atoms with Crippen LogP contribution >= 0.6 is 7.14 Å². The molecule has 0 aliphatic heterocycles. The Morgan fingerprint density at radius 2 is 0.833 bits per heavy atom. The third-order valence-electron chi connectivity index (χ3n) is 13.2. The summed E-state index contributed by atoms with van der Waals surface area (Å²) in [6.07, 6.45) is 0. The summed E-state index contributed by atoms with van der Waals surface area (Å²) in [5.41, 5.74) is 10.8. The Hall–Kier alpha value is -6.99. The average molecular weight is 786 g/mol. The molecule has 284 valence electrons. The Balaban J connectivity index is 1.05. The van der Waals surface area contributed by atoms with Crippen molar-refractivity contribution in [3.05, 3.63) is 217 Å². The number of rotatable bonds is 5. The molecule has 60 heavy (non-hydrogen) atoms. The minimum Gasteiger partial charge on any atom is -0.309 e. The monoisotopic (exact) mass is 785 g/mol. The number of nitrogens with zero attached hydrogens (tertiary/aromatic N) is 1. The molecular formula is C57H40NOP. The molecule has 0 atom stereocenters. The molecule has 1 aromatic heterocycles. The summed E-state index contributed by atoms with van der Waals surface area (Å²) in [7, 11) is -3.20. The lowest BCUT2D eigenvalue weighted by atomic mass is 9.80. The van der Waals surface area contributed by atoms with Crippen LogP contribution < -0.4 is 15.9 Å². The van der Waals surface area contributed by atoms with E-state index in [4.69, 9.17) is 0 Å². The Morgan fingerprint density at radius 3 is 1.45 bits per heavy atom. The highest BCUT2D eigenvalue weighted by atomic mass is 31.2. The Labute approximate surface area is 349 Å². The van der Waals surface area contributed by atoms with Crippen molar-refractivity contribution in [3.8, 4) is 27.9 Å². The fraction of sp³-hybridized carbons (Fsp3) is 0.0526. The third-order valence-corrected chi connectivity index (χ3v) is 16.3. The van der Waals surface area contributed by atoms with Crippen LogP contribution in [0.2, 0.25) is 0 Å². The van der Waals surface area contributed by atoms with E-state index in [1.165, 1.54) is 60.1 Å². The summed E-state index contributed by atoms with van der Waals surface area (Å²) < 4.78 is 18.0. The first-order valence-electron chi connectivity index (χ1n) is 20.8. The maximum Gasteiger partial charge on any atom is 0.171 e. The van der Waals surface area contributed by atoms with Crippen molar-refractivity contribution < 1.29 is 4.57 Å². The highest BCUT2D eigenvalue weighted by Gasteiger charge is 2.36. The number of fused-ring (bicyclic) bond motifs is 12. The molecule has 2 nitrogen and oxygen atoms in total. The standard InChI is InChI=1S/C57H40NOP/c1-57(2)53-33-38(26-29-47(53)50-35-48-45-24-14-12-22-43(45)44-23-13-15-25-46(44)49(48)36-54(50)57)37-27-30-55-51(32-37)52-34-42(28-31-56(52)58(55)39-16-6-3-7-17-39)60(59,40-18-8-4-9-19-40)41-20-10-5-11-21-41/h3-36H,1-2H3. The maximum absolute atomic E-state index is 15.6. The first-order chi connectivity index (χ1) is 29.4. The van der Waals surface area contributed by atoms with E-state index in [1.54, 1.807) is 0 Å². The molecule has 1 aliphatic rings. The molecule has 0 amide bonds. The van der Waals surface area contributed by atoms with Crippen molar-refractivity contribution in [1.29, 1.82) is 0 Å². The SMILES string of the molecule is CC1(C)c2cc(-c3ccc4c(c3)c3cc(P(=O)(c5ccccc5)c5ccccc5)ccc3n4-c3ccccc3)ccc2-c2cc3c4ccccc4c4ccccc4c3cc21. The quantitative estimate of drug-likeness (QED) is 0.126. The molecule has 1 aliphatic carbocycles. The second-order valence-electron chi connectivity index (χ2n) is 16.8. The van der Waals surface area contributed by atoms with E-state index in [2.05, 4.69) is 164 Å². The smallest absolute Gasteiger partial charge is 0.171 e. The lowest BCUT2D eigenvalue weighted by molar-refractivity contribution is 0.592. The lowest BCUT2D eigenvalue weighted by Crippen LogP contribution is -2.24. The van der Waals surface area contributed by atoms with Crippen molar-refractivity contribution >= 4 is 77.2 Å². The van der Waals surface area contributed by atoms with Crippen LogP contribution in [-0.2, 0) is 9.98 Å². The van der Waals surface area contributed by atoms with Crippen molar-refractivity contribution in [1.82, 2.24) is 4.57 Å². The van der Waals surface area contributed by atoms with E-state index in [0.717, 1.165) is 49.0 Å². The molecule has 0 unspecified atom stereocenters. The summed E-state index contributed by atoms with van der Waals surface area (Å²) in [6, 6.07) is 73.5. The minimum absolute atomic E-state index is 0.194. The van der Waals surface area contributed by atoms with Gasteiger partial charge in [-0.15, -0.1) is 0 Å². The first kappa shape index (κ1) is 35.0. The highest BCUT2D eigenvalue weighted by Crippen LogP contribution is 2.52. The molecule has 1 heterocycles. The Bertz CT molecular complexity index is 3540. The van der Waals surface area contributed by atoms with Gasteiger partial charge in [0.15, 0.2) is 7.14 Å². The normalized spacial score (nSPS) is 13.4. The lowest BCUT2D eigenvalue weighted by Gasteiger charge is -2.23. The van der Waals surface area contributed by atoms with Crippen molar-refractivity contribution in [2.75, 3.05) is 0 Å². The van der Waals surface area contributed by atoms with E-state index in [9.17, 15) is 0 Å². The van der Waals surface area contributed by atoms with Crippen LogP contribution in [0.5, 0.6) is 0 Å². The van der Waals surface area contributed by atoms with Gasteiger partial charge in [-0.05, 0) is 126 Å². The van der Waals surface area contributed by atoms with Crippen molar-refractivity contribution in [3.63, 3.8) is 0 Å². The molecule has 0 spiro atoms. The molecule has 0 fully saturated rings. The Kier molecular flexibility index (Phi) is 7.59. The van der Waals surface area contributed by atoms with Crippen LogP contribution in [0.3, 0.4) is 0 Å². The molecule has 0 bridgehead atoms. The van der Waals surface area contributed by atoms with Gasteiger partial charge in [0.25, 0.3) is 0 Å². The van der Waals surface area contributed by atoms with Crippen LogP contribution in [-0.4, -0.2) is 4.57 Å². The van der Waals surface area contributed by atoms with Gasteiger partial charge in [0, 0.05) is 37.8 Å². The van der Waals surface area contributed by atoms with Crippen molar-refractivity contribution in [2.45, 2.75) is 19.3 Å². The molecule has 11 aromatic rings. The fourth-order valence-electron chi connectivity index (χ4n) is 10.3. The van der Waals surface area contributed by atoms with E-state index in [0.29, 0.717) is 0 Å². The number of hydrogen-bond donors (Lipinski definition) is 0. The Morgan fingerprint density at radius 1 is 0.367 bits per heavy atom. The van der Waals surface area contributed by atoms with Gasteiger partial charge in [0.1, 0.15) is 0 Å². The molecule has 0 radical (unpaired) electrons. The van der Waals surface area contributed by atoms with Gasteiger partial charge >= 0.3 is 0 Å². The first-order valence-corrected chi connectivity index (χ1v) is 22.5. The molecule has 12 rings (SSSR count). The average Bonchev–Trinajstić information content (AvgIpc) is 3.75. The van der Waals surface area contributed by atoms with Gasteiger partial charge in [-0.1, -0.05) is 159 Å². The van der Waals surface area contributed by atoms with Gasteiger partial charge in [0.2, 0.25) is 0 Å². The fourth-order valence-corrected chi connectivity index (χ4v) is 13.0. The molecule has 3 heteroatoms.